The summed E-state index contributed by atoms with van der Waals surface area (Å²) in [6.07, 6.45) is 1.08. The second kappa shape index (κ2) is 12.0. The van der Waals surface area contributed by atoms with Gasteiger partial charge in [-0.1, -0.05) is 29.8 Å². The Morgan fingerprint density at radius 2 is 2.13 bits per heavy atom. The third-order valence-electron chi connectivity index (χ3n) is 4.73. The third-order valence-corrected chi connectivity index (χ3v) is 5.56. The smallest absolute Gasteiger partial charge is 0.308 e. The van der Waals surface area contributed by atoms with Crippen molar-refractivity contribution < 1.29 is 23.9 Å². The summed E-state index contributed by atoms with van der Waals surface area (Å²) in [6.45, 7) is 6.86. The minimum atomic E-state index is -0.851. The summed E-state index contributed by atoms with van der Waals surface area (Å²) < 4.78 is 11.7. The second-order valence-corrected chi connectivity index (χ2v) is 8.46. The highest BCUT2D eigenvalue weighted by molar-refractivity contribution is 9.10. The van der Waals surface area contributed by atoms with Crippen molar-refractivity contribution in [1.29, 1.82) is 0 Å². The van der Waals surface area contributed by atoms with Crippen molar-refractivity contribution in [3.05, 3.63) is 28.2 Å². The number of carbonyl (C=O) groups is 3. The maximum Gasteiger partial charge on any atom is 0.308 e. The number of esters is 1. The molecule has 1 fully saturated rings. The zero-order chi connectivity index (χ0) is 23.0. The van der Waals surface area contributed by atoms with Gasteiger partial charge in [0, 0.05) is 17.6 Å². The molecule has 1 saturated heterocycles. The van der Waals surface area contributed by atoms with Crippen LogP contribution in [0.5, 0.6) is 5.75 Å². The van der Waals surface area contributed by atoms with Gasteiger partial charge in [0.2, 0.25) is 5.91 Å². The number of nitrogens with zero attached hydrogens (tertiary/aromatic N) is 1. The van der Waals surface area contributed by atoms with E-state index in [1.165, 1.54) is 0 Å². The second-order valence-electron chi connectivity index (χ2n) is 7.16. The lowest BCUT2D eigenvalue weighted by Gasteiger charge is -2.36. The molecule has 2 N–H and O–H groups in total. The van der Waals surface area contributed by atoms with Gasteiger partial charge in [-0.15, -0.1) is 0 Å². The molecule has 1 aromatic carbocycles. The van der Waals surface area contributed by atoms with Crippen LogP contribution in [0.3, 0.4) is 0 Å². The topological polar surface area (TPSA) is 97.0 Å². The lowest BCUT2D eigenvalue weighted by atomic mass is 10.1. The molecule has 31 heavy (non-hydrogen) atoms. The molecule has 0 aromatic heterocycles. The molecule has 0 aliphatic carbocycles. The van der Waals surface area contributed by atoms with Crippen molar-refractivity contribution in [2.45, 2.75) is 52.2 Å². The molecule has 2 rings (SSSR count). The lowest BCUT2D eigenvalue weighted by molar-refractivity contribution is -0.151. The van der Waals surface area contributed by atoms with Crippen LogP contribution in [0.15, 0.2) is 22.7 Å². The molecule has 8 nitrogen and oxygen atoms in total. The Hall–Kier alpha value is -2.20. The average Bonchev–Trinajstić information content (AvgIpc) is 2.73. The number of amides is 2. The molecule has 1 heterocycles. The molecule has 10 heteroatoms. The fourth-order valence-corrected chi connectivity index (χ4v) is 3.60. The van der Waals surface area contributed by atoms with E-state index >= 15 is 0 Å². The third kappa shape index (κ3) is 7.17. The zero-order valence-corrected chi connectivity index (χ0v) is 20.3. The molecule has 2 unspecified atom stereocenters. The largest absolute Gasteiger partial charge is 0.493 e. The Labute approximate surface area is 196 Å². The molecule has 1 aromatic rings. The summed E-state index contributed by atoms with van der Waals surface area (Å²) in [5.41, 5.74) is 0.319. The van der Waals surface area contributed by atoms with E-state index in [0.717, 1.165) is 10.9 Å². The highest BCUT2D eigenvalue weighted by Gasteiger charge is 2.34. The van der Waals surface area contributed by atoms with Crippen LogP contribution >= 0.6 is 28.1 Å². The normalized spacial score (nSPS) is 16.8. The summed E-state index contributed by atoms with van der Waals surface area (Å²) in [4.78, 5) is 39.1. The van der Waals surface area contributed by atoms with E-state index in [0.29, 0.717) is 37.4 Å². The fourth-order valence-electron chi connectivity index (χ4n) is 2.93. The standard InChI is InChI=1S/C21H28BrN3O5S/c1-4-10-29-17-7-6-14(22)11-15(17)19(27)24-21(31)25-9-8-23-20(28)16(25)12-18(26)30-13(3)5-2/h6-7,11,13,16H,4-5,8-10,12H2,1-3H3,(H,23,28)(H,24,27,31). The van der Waals surface area contributed by atoms with Crippen LogP contribution in [0.1, 0.15) is 50.4 Å². The SMILES string of the molecule is CCCOc1ccc(Br)cc1C(=O)NC(=S)N1CCNC(=O)C1CC(=O)OC(C)CC. The van der Waals surface area contributed by atoms with E-state index in [1.807, 2.05) is 13.8 Å². The van der Waals surface area contributed by atoms with E-state index in [1.54, 1.807) is 30.0 Å². The van der Waals surface area contributed by atoms with Crippen LogP contribution < -0.4 is 15.4 Å². The Morgan fingerprint density at radius 3 is 2.81 bits per heavy atom. The zero-order valence-electron chi connectivity index (χ0n) is 17.9. The monoisotopic (exact) mass is 513 g/mol. The Bertz CT molecular complexity index is 835. The molecule has 0 spiro atoms. The fraction of sp³-hybridized carbons (Fsp3) is 0.524. The number of benzene rings is 1. The molecular formula is C21H28BrN3O5S. The van der Waals surface area contributed by atoms with Gasteiger partial charge in [-0.05, 0) is 50.2 Å². The van der Waals surface area contributed by atoms with Gasteiger partial charge in [-0.2, -0.15) is 0 Å². The van der Waals surface area contributed by atoms with E-state index in [-0.39, 0.29) is 23.5 Å². The van der Waals surface area contributed by atoms with E-state index < -0.39 is 17.9 Å². The first-order valence-electron chi connectivity index (χ1n) is 10.3. The molecule has 1 aliphatic heterocycles. The quantitative estimate of drug-likeness (QED) is 0.407. The van der Waals surface area contributed by atoms with Crippen molar-refractivity contribution in [3.63, 3.8) is 0 Å². The summed E-state index contributed by atoms with van der Waals surface area (Å²) >= 11 is 8.78. The molecule has 0 bridgehead atoms. The maximum absolute atomic E-state index is 12.9. The average molecular weight is 514 g/mol. The van der Waals surface area contributed by atoms with Crippen molar-refractivity contribution >= 4 is 51.0 Å². The van der Waals surface area contributed by atoms with Crippen LogP contribution in [-0.2, 0) is 14.3 Å². The Kier molecular flexibility index (Phi) is 9.70. The molecule has 2 atom stereocenters. The van der Waals surface area contributed by atoms with Crippen molar-refractivity contribution in [3.8, 4) is 5.75 Å². The van der Waals surface area contributed by atoms with Crippen LogP contribution in [-0.4, -0.2) is 59.6 Å². The number of thiocarbonyl (C=S) groups is 1. The van der Waals surface area contributed by atoms with Crippen molar-refractivity contribution in [2.75, 3.05) is 19.7 Å². The molecule has 0 saturated carbocycles. The number of piperazine rings is 1. The first-order valence-corrected chi connectivity index (χ1v) is 11.5. The van der Waals surface area contributed by atoms with Gasteiger partial charge < -0.3 is 19.7 Å². The lowest BCUT2D eigenvalue weighted by Crippen LogP contribution is -2.60. The van der Waals surface area contributed by atoms with Crippen LogP contribution in [0.4, 0.5) is 0 Å². The van der Waals surface area contributed by atoms with Gasteiger partial charge in [0.05, 0.1) is 24.7 Å². The minimum Gasteiger partial charge on any atom is -0.493 e. The first-order chi connectivity index (χ1) is 14.8. The summed E-state index contributed by atoms with van der Waals surface area (Å²) in [6, 6.07) is 4.29. The van der Waals surface area contributed by atoms with E-state index in [9.17, 15) is 14.4 Å². The number of halogens is 1. The highest BCUT2D eigenvalue weighted by Crippen LogP contribution is 2.24. The van der Waals surface area contributed by atoms with Crippen LogP contribution in [0, 0.1) is 0 Å². The summed E-state index contributed by atoms with van der Waals surface area (Å²) in [7, 11) is 0. The summed E-state index contributed by atoms with van der Waals surface area (Å²) in [5.74, 6) is -0.837. The highest BCUT2D eigenvalue weighted by atomic mass is 79.9. The number of rotatable bonds is 8. The molecule has 0 radical (unpaired) electrons. The van der Waals surface area contributed by atoms with Gasteiger partial charge in [-0.3, -0.25) is 19.7 Å². The van der Waals surface area contributed by atoms with Crippen LogP contribution in [0.25, 0.3) is 0 Å². The van der Waals surface area contributed by atoms with Gasteiger partial charge in [-0.25, -0.2) is 0 Å². The number of nitrogens with one attached hydrogen (secondary N) is 2. The number of hydrogen-bond acceptors (Lipinski definition) is 6. The molecule has 1 aliphatic rings. The predicted octanol–water partition coefficient (Wildman–Crippen LogP) is 2.78. The number of ether oxygens (including phenoxy) is 2. The minimum absolute atomic E-state index is 0.0719. The first kappa shape index (κ1) is 25.1. The van der Waals surface area contributed by atoms with Gasteiger partial charge >= 0.3 is 5.97 Å². The maximum atomic E-state index is 12.9. The Balaban J connectivity index is 2.13. The molecular weight excluding hydrogens is 486 g/mol. The van der Waals surface area contributed by atoms with Crippen LogP contribution in [0.2, 0.25) is 0 Å². The number of carbonyl (C=O) groups excluding carboxylic acids is 3. The predicted molar refractivity (Wildman–Crippen MR) is 124 cm³/mol. The molecule has 2 amide bonds. The summed E-state index contributed by atoms with van der Waals surface area (Å²) in [5, 5.41) is 5.47. The Morgan fingerprint density at radius 1 is 1.39 bits per heavy atom. The van der Waals surface area contributed by atoms with E-state index in [2.05, 4.69) is 26.6 Å². The van der Waals surface area contributed by atoms with Gasteiger partial charge in [0.25, 0.3) is 5.91 Å². The van der Waals surface area contributed by atoms with Crippen molar-refractivity contribution in [2.24, 2.45) is 0 Å². The molecule has 170 valence electrons. The van der Waals surface area contributed by atoms with E-state index in [4.69, 9.17) is 21.7 Å². The van der Waals surface area contributed by atoms with Gasteiger partial charge in [0.1, 0.15) is 11.8 Å². The van der Waals surface area contributed by atoms with Gasteiger partial charge in [0.15, 0.2) is 5.11 Å². The van der Waals surface area contributed by atoms with Crippen molar-refractivity contribution in [1.82, 2.24) is 15.5 Å². The number of hydrogen-bond donors (Lipinski definition) is 2.